The maximum atomic E-state index is 13.2. The predicted molar refractivity (Wildman–Crippen MR) is 284 cm³/mol. The summed E-state index contributed by atoms with van der Waals surface area (Å²) >= 11 is 0. The van der Waals surface area contributed by atoms with Crippen LogP contribution in [0.2, 0.25) is 0 Å². The van der Waals surface area contributed by atoms with E-state index in [0.717, 1.165) is 135 Å². The molecule has 0 bridgehead atoms. The number of fused-ring (bicyclic) bond motifs is 10. The lowest BCUT2D eigenvalue weighted by Crippen LogP contribution is -2.51. The van der Waals surface area contributed by atoms with Crippen LogP contribution in [0.25, 0.3) is 0 Å². The van der Waals surface area contributed by atoms with Gasteiger partial charge in [-0.2, -0.15) is 0 Å². The second-order valence-corrected chi connectivity index (χ2v) is 28.3. The second-order valence-electron chi connectivity index (χ2n) is 28.3. The van der Waals surface area contributed by atoms with E-state index < -0.39 is 0 Å². The van der Waals surface area contributed by atoms with Crippen LogP contribution in [0.1, 0.15) is 236 Å². The first-order valence-electron chi connectivity index (χ1n) is 30.4. The molecule has 0 saturated heterocycles. The van der Waals surface area contributed by atoms with E-state index in [1.54, 1.807) is 11.1 Å². The molecule has 7 saturated carbocycles. The first-order chi connectivity index (χ1) is 33.4. The Morgan fingerprint density at radius 3 is 1.27 bits per heavy atom. The lowest BCUT2D eigenvalue weighted by molar-refractivity contribution is -0.163. The van der Waals surface area contributed by atoms with Crippen LogP contribution in [0, 0.1) is 92.7 Å². The van der Waals surface area contributed by atoms with Gasteiger partial charge in [-0.3, -0.25) is 0 Å². The van der Waals surface area contributed by atoms with Gasteiger partial charge in [0.05, 0.1) is 12.2 Å². The maximum Gasteiger partial charge on any atom is 0.332 e. The molecule has 0 spiro atoms. The van der Waals surface area contributed by atoms with Gasteiger partial charge in [0.1, 0.15) is 25.4 Å². The maximum absolute atomic E-state index is 13.2. The van der Waals surface area contributed by atoms with Gasteiger partial charge in [-0.05, 0) is 208 Å². The molecule has 396 valence electrons. The Morgan fingerprint density at radius 2 is 0.886 bits per heavy atom. The van der Waals surface area contributed by atoms with E-state index in [9.17, 15) is 9.59 Å². The summed E-state index contributed by atoms with van der Waals surface area (Å²) in [6.07, 6.45) is 36.5. The number of carbonyl (C=O) groups is 2. The second kappa shape index (κ2) is 21.9. The fourth-order valence-electron chi connectivity index (χ4n) is 19.7. The van der Waals surface area contributed by atoms with Crippen LogP contribution in [0.5, 0.6) is 0 Å². The molecule has 16 unspecified atom stereocenters. The van der Waals surface area contributed by atoms with Crippen molar-refractivity contribution in [1.29, 1.82) is 0 Å². The lowest BCUT2D eigenvalue weighted by Gasteiger charge is -2.58. The number of esters is 2. The Bertz CT molecular complexity index is 1730. The van der Waals surface area contributed by atoms with Crippen molar-refractivity contribution < 1.29 is 28.5 Å². The van der Waals surface area contributed by atoms with Crippen molar-refractivity contribution in [2.45, 2.75) is 261 Å². The highest BCUT2D eigenvalue weighted by Gasteiger charge is 2.61. The summed E-state index contributed by atoms with van der Waals surface area (Å²) in [5.41, 5.74) is 4.66. The number of allylic oxidation sites excluding steroid dienone is 2. The summed E-state index contributed by atoms with van der Waals surface area (Å²) in [4.78, 5) is 26.4. The Kier molecular flexibility index (Phi) is 16.6. The number of hydrogen-bond acceptors (Lipinski definition) is 6. The molecule has 9 aliphatic rings. The number of rotatable bonds is 18. The first kappa shape index (κ1) is 53.2. The average molecular weight is 970 g/mol. The molecule has 0 aromatic heterocycles. The average Bonchev–Trinajstić information content (AvgIpc) is 3.87. The molecule has 0 aromatic rings. The van der Waals surface area contributed by atoms with Crippen molar-refractivity contribution in [1.82, 2.24) is 0 Å². The molecule has 0 heterocycles. The summed E-state index contributed by atoms with van der Waals surface area (Å²) in [6, 6.07) is 0. The van der Waals surface area contributed by atoms with E-state index >= 15 is 0 Å². The third-order valence-electron chi connectivity index (χ3n) is 23.6. The summed E-state index contributed by atoms with van der Waals surface area (Å²) in [7, 11) is 0. The van der Waals surface area contributed by atoms with E-state index in [2.05, 4.69) is 81.4 Å². The molecule has 0 aliphatic heterocycles. The zero-order valence-electron chi connectivity index (χ0n) is 46.6. The van der Waals surface area contributed by atoms with Crippen LogP contribution in [0.3, 0.4) is 0 Å². The molecular weight excluding hydrogens is 865 g/mol. The van der Waals surface area contributed by atoms with Crippen molar-refractivity contribution >= 4 is 11.9 Å². The molecular formula is C64H104O6. The van der Waals surface area contributed by atoms with Crippen molar-refractivity contribution in [2.75, 3.05) is 13.2 Å². The summed E-state index contributed by atoms with van der Waals surface area (Å²) < 4.78 is 24.6. The van der Waals surface area contributed by atoms with Gasteiger partial charge in [0, 0.05) is 12.8 Å². The number of carbonyl (C=O) groups excluding carboxylic acids is 2. The van der Waals surface area contributed by atoms with E-state index in [-0.39, 0.29) is 60.4 Å². The largest absolute Gasteiger partial charge is 0.460 e. The molecule has 9 rings (SSSR count). The van der Waals surface area contributed by atoms with Crippen LogP contribution in [0.15, 0.2) is 23.3 Å². The Labute approximate surface area is 428 Å². The molecule has 7 fully saturated rings. The van der Waals surface area contributed by atoms with E-state index in [4.69, 9.17) is 18.9 Å². The van der Waals surface area contributed by atoms with Crippen LogP contribution >= 0.6 is 0 Å². The minimum atomic E-state index is -0.217. The van der Waals surface area contributed by atoms with Crippen molar-refractivity contribution in [3.8, 4) is 0 Å². The number of hydrogen-bond donors (Lipinski definition) is 0. The van der Waals surface area contributed by atoms with E-state index in [1.165, 1.54) is 103 Å². The SMILES string of the molecule is CC(C)CCCC(C)C1CCC2C3CC=C4CC(OC(=O)COC5CCC(OCC(=O)OC6CCC7(C)C(=CCC8C7CCC7(C)C(C(C)CCCC(C)C)CCC87)C6)CC5)CCC4(C)C3CCC12C. The van der Waals surface area contributed by atoms with Gasteiger partial charge in [-0.1, -0.05) is 131 Å². The molecule has 70 heavy (non-hydrogen) atoms. The van der Waals surface area contributed by atoms with Gasteiger partial charge in [0.25, 0.3) is 0 Å². The minimum absolute atomic E-state index is 0.0218. The van der Waals surface area contributed by atoms with Gasteiger partial charge in [0.2, 0.25) is 0 Å². The fraction of sp³-hybridized carbons (Fsp3) is 0.906. The van der Waals surface area contributed by atoms with Gasteiger partial charge >= 0.3 is 11.9 Å². The van der Waals surface area contributed by atoms with Gasteiger partial charge in [-0.25, -0.2) is 9.59 Å². The summed E-state index contributed by atoms with van der Waals surface area (Å²) in [6.45, 7) is 25.2. The smallest absolute Gasteiger partial charge is 0.332 e. The van der Waals surface area contributed by atoms with Crippen LogP contribution in [-0.2, 0) is 28.5 Å². The molecule has 0 amide bonds. The van der Waals surface area contributed by atoms with Gasteiger partial charge in [-0.15, -0.1) is 0 Å². The Morgan fingerprint density at radius 1 is 0.486 bits per heavy atom. The zero-order valence-corrected chi connectivity index (χ0v) is 46.6. The van der Waals surface area contributed by atoms with Gasteiger partial charge < -0.3 is 18.9 Å². The normalized spacial score (nSPS) is 43.1. The van der Waals surface area contributed by atoms with E-state index in [0.29, 0.717) is 10.8 Å². The lowest BCUT2D eigenvalue weighted by atomic mass is 9.47. The standard InChI is InChI=1S/C64H104O6/c1-41(2)13-11-15-43(5)53-25-27-55-51-23-17-45-37-49(29-33-61(45,7)57(51)31-35-63(53,55)9)69-59(65)39-67-47-19-21-48(22-20-47)68-40-60(66)70-50-30-34-62(8)46(38-50)18-24-52-56-28-26-54(44(6)16-12-14-42(3)4)64(56,10)36-32-58(52)62/h17-18,41-44,47-58H,11-16,19-40H2,1-10H3. The van der Waals surface area contributed by atoms with Crippen LogP contribution in [0.4, 0.5) is 0 Å². The van der Waals surface area contributed by atoms with Gasteiger partial charge in [0.15, 0.2) is 0 Å². The first-order valence-corrected chi connectivity index (χ1v) is 30.4. The monoisotopic (exact) mass is 969 g/mol. The Balaban J connectivity index is 0.664. The predicted octanol–water partition coefficient (Wildman–Crippen LogP) is 16.2. The highest BCUT2D eigenvalue weighted by atomic mass is 16.6. The van der Waals surface area contributed by atoms with Crippen molar-refractivity contribution in [3.05, 3.63) is 23.3 Å². The van der Waals surface area contributed by atoms with Crippen LogP contribution in [-0.4, -0.2) is 49.6 Å². The minimum Gasteiger partial charge on any atom is -0.460 e. The molecule has 16 atom stereocenters. The molecule has 0 N–H and O–H groups in total. The quantitative estimate of drug-likeness (QED) is 0.101. The third-order valence-corrected chi connectivity index (χ3v) is 23.6. The van der Waals surface area contributed by atoms with Crippen LogP contribution < -0.4 is 0 Å². The molecule has 6 heteroatoms. The highest BCUT2D eigenvalue weighted by molar-refractivity contribution is 5.71. The zero-order chi connectivity index (χ0) is 49.6. The summed E-state index contributed by atoms with van der Waals surface area (Å²) in [5.74, 6) is 9.56. The molecule has 9 aliphatic carbocycles. The summed E-state index contributed by atoms with van der Waals surface area (Å²) in [5, 5.41) is 0. The fourth-order valence-corrected chi connectivity index (χ4v) is 19.7. The molecule has 0 aromatic carbocycles. The highest BCUT2D eigenvalue weighted by Crippen LogP contribution is 2.69. The van der Waals surface area contributed by atoms with Crippen molar-refractivity contribution in [3.63, 3.8) is 0 Å². The third kappa shape index (κ3) is 10.7. The Hall–Kier alpha value is -1.66. The number of ether oxygens (including phenoxy) is 4. The topological polar surface area (TPSA) is 71.1 Å². The molecule has 6 nitrogen and oxygen atoms in total. The van der Waals surface area contributed by atoms with Crippen molar-refractivity contribution in [2.24, 2.45) is 92.7 Å². The van der Waals surface area contributed by atoms with E-state index in [1.807, 2.05) is 0 Å². The molecule has 0 radical (unpaired) electrons.